The molecule has 0 aliphatic heterocycles. The molecule has 2 aromatic rings. The zero-order valence-electron chi connectivity index (χ0n) is 9.47. The van der Waals surface area contributed by atoms with Crippen molar-refractivity contribution in [3.05, 3.63) is 28.3 Å². The van der Waals surface area contributed by atoms with Gasteiger partial charge in [-0.05, 0) is 31.0 Å². The van der Waals surface area contributed by atoms with Crippen LogP contribution in [0.5, 0.6) is 5.75 Å². The van der Waals surface area contributed by atoms with Crippen molar-refractivity contribution < 1.29 is 4.74 Å². The molecular formula is C12H13ClN2O. The number of rotatable bonds is 1. The van der Waals surface area contributed by atoms with Gasteiger partial charge in [-0.15, -0.1) is 0 Å². The molecule has 1 heterocycles. The van der Waals surface area contributed by atoms with Gasteiger partial charge < -0.3 is 10.5 Å². The van der Waals surface area contributed by atoms with Gasteiger partial charge in [-0.25, -0.2) is 4.98 Å². The second-order valence-electron chi connectivity index (χ2n) is 3.77. The van der Waals surface area contributed by atoms with Gasteiger partial charge in [0.05, 0.1) is 7.11 Å². The molecule has 2 N–H and O–H groups in total. The number of hydrogen-bond acceptors (Lipinski definition) is 3. The Morgan fingerprint density at radius 3 is 2.62 bits per heavy atom. The summed E-state index contributed by atoms with van der Waals surface area (Å²) in [5.41, 5.74) is 8.49. The van der Waals surface area contributed by atoms with Gasteiger partial charge in [0, 0.05) is 16.5 Å². The van der Waals surface area contributed by atoms with Gasteiger partial charge in [0.25, 0.3) is 0 Å². The fourth-order valence-electron chi connectivity index (χ4n) is 1.68. The number of methoxy groups -OCH3 is 1. The Bertz CT molecular complexity index is 567. The van der Waals surface area contributed by atoms with E-state index in [-0.39, 0.29) is 0 Å². The van der Waals surface area contributed by atoms with Gasteiger partial charge in [0.1, 0.15) is 17.1 Å². The lowest BCUT2D eigenvalue weighted by Gasteiger charge is -2.11. The van der Waals surface area contributed by atoms with Gasteiger partial charge in [-0.1, -0.05) is 11.6 Å². The van der Waals surface area contributed by atoms with Crippen molar-refractivity contribution in [3.63, 3.8) is 0 Å². The molecule has 0 saturated heterocycles. The number of benzene rings is 1. The van der Waals surface area contributed by atoms with Gasteiger partial charge in [-0.2, -0.15) is 0 Å². The summed E-state index contributed by atoms with van der Waals surface area (Å²) in [5.74, 6) is 1.17. The Labute approximate surface area is 99.2 Å². The van der Waals surface area contributed by atoms with E-state index in [9.17, 15) is 0 Å². The van der Waals surface area contributed by atoms with E-state index < -0.39 is 0 Å². The summed E-state index contributed by atoms with van der Waals surface area (Å²) in [6.07, 6.45) is 0. The van der Waals surface area contributed by atoms with Crippen molar-refractivity contribution in [2.24, 2.45) is 0 Å². The normalized spacial score (nSPS) is 10.8. The Hall–Kier alpha value is -1.48. The Morgan fingerprint density at radius 1 is 1.31 bits per heavy atom. The zero-order chi connectivity index (χ0) is 11.9. The summed E-state index contributed by atoms with van der Waals surface area (Å²) in [5, 5.41) is 1.66. The third-order valence-corrected chi connectivity index (χ3v) is 3.12. The predicted molar refractivity (Wildman–Crippen MR) is 67.2 cm³/mol. The number of nitrogens with zero attached hydrogens (tertiary/aromatic N) is 1. The molecule has 0 atom stereocenters. The Balaban J connectivity index is 2.93. The number of aromatic nitrogens is 1. The summed E-state index contributed by atoms with van der Waals surface area (Å²) < 4.78 is 5.26. The molecule has 4 heteroatoms. The highest BCUT2D eigenvalue weighted by Gasteiger charge is 2.11. The Kier molecular flexibility index (Phi) is 2.64. The first kappa shape index (κ1) is 11.0. The third kappa shape index (κ3) is 1.57. The third-order valence-electron chi connectivity index (χ3n) is 2.73. The molecule has 0 bridgehead atoms. The topological polar surface area (TPSA) is 48.1 Å². The molecule has 0 radical (unpaired) electrons. The molecule has 0 fully saturated rings. The SMILES string of the molecule is COc1cc(Cl)c(C)c2cc(C)c(N)nc12. The van der Waals surface area contributed by atoms with Crippen molar-refractivity contribution in [1.82, 2.24) is 4.98 Å². The quantitative estimate of drug-likeness (QED) is 0.828. The van der Waals surface area contributed by atoms with Crippen LogP contribution in [-0.4, -0.2) is 12.1 Å². The zero-order valence-corrected chi connectivity index (χ0v) is 10.2. The molecule has 2 rings (SSSR count). The van der Waals surface area contributed by atoms with Crippen LogP contribution in [0.25, 0.3) is 10.9 Å². The highest BCUT2D eigenvalue weighted by atomic mass is 35.5. The van der Waals surface area contributed by atoms with Crippen molar-refractivity contribution in [2.75, 3.05) is 12.8 Å². The highest BCUT2D eigenvalue weighted by Crippen LogP contribution is 2.33. The minimum Gasteiger partial charge on any atom is -0.494 e. The molecule has 0 aliphatic carbocycles. The van der Waals surface area contributed by atoms with E-state index in [0.29, 0.717) is 16.6 Å². The molecule has 1 aromatic carbocycles. The van der Waals surface area contributed by atoms with E-state index >= 15 is 0 Å². The number of fused-ring (bicyclic) bond motifs is 1. The van der Waals surface area contributed by atoms with Crippen LogP contribution in [0, 0.1) is 13.8 Å². The number of halogens is 1. The molecule has 0 aliphatic rings. The maximum absolute atomic E-state index is 6.12. The maximum atomic E-state index is 6.12. The van der Waals surface area contributed by atoms with E-state index in [2.05, 4.69) is 4.98 Å². The molecule has 16 heavy (non-hydrogen) atoms. The number of nitrogen functional groups attached to an aromatic ring is 1. The van der Waals surface area contributed by atoms with Crippen LogP contribution < -0.4 is 10.5 Å². The number of ether oxygens (including phenoxy) is 1. The number of aryl methyl sites for hydroxylation is 2. The fraction of sp³-hybridized carbons (Fsp3) is 0.250. The minimum atomic E-state index is 0.521. The van der Waals surface area contributed by atoms with Crippen LogP contribution in [-0.2, 0) is 0 Å². The number of hydrogen-bond donors (Lipinski definition) is 1. The van der Waals surface area contributed by atoms with Crippen LogP contribution in [0.3, 0.4) is 0 Å². The van der Waals surface area contributed by atoms with Crippen LogP contribution in [0.1, 0.15) is 11.1 Å². The molecule has 3 nitrogen and oxygen atoms in total. The van der Waals surface area contributed by atoms with Gasteiger partial charge >= 0.3 is 0 Å². The van der Waals surface area contributed by atoms with Crippen LogP contribution >= 0.6 is 11.6 Å². The average Bonchev–Trinajstić information content (AvgIpc) is 2.26. The van der Waals surface area contributed by atoms with Crippen molar-refractivity contribution >= 4 is 28.3 Å². The van der Waals surface area contributed by atoms with Crippen molar-refractivity contribution in [1.29, 1.82) is 0 Å². The lowest BCUT2D eigenvalue weighted by Crippen LogP contribution is -1.97. The van der Waals surface area contributed by atoms with E-state index in [1.807, 2.05) is 19.9 Å². The van der Waals surface area contributed by atoms with E-state index in [0.717, 1.165) is 22.0 Å². The largest absolute Gasteiger partial charge is 0.494 e. The molecule has 1 aromatic heterocycles. The van der Waals surface area contributed by atoms with Crippen LogP contribution in [0.15, 0.2) is 12.1 Å². The van der Waals surface area contributed by atoms with Gasteiger partial charge in [0.2, 0.25) is 0 Å². The summed E-state index contributed by atoms with van der Waals surface area (Å²) in [4.78, 5) is 4.34. The second kappa shape index (κ2) is 3.83. The van der Waals surface area contributed by atoms with Crippen molar-refractivity contribution in [2.45, 2.75) is 13.8 Å². The summed E-state index contributed by atoms with van der Waals surface area (Å²) >= 11 is 6.12. The molecule has 0 saturated carbocycles. The van der Waals surface area contributed by atoms with Crippen LogP contribution in [0.2, 0.25) is 5.02 Å². The lowest BCUT2D eigenvalue weighted by molar-refractivity contribution is 0.419. The van der Waals surface area contributed by atoms with Crippen LogP contribution in [0.4, 0.5) is 5.82 Å². The van der Waals surface area contributed by atoms with E-state index in [1.54, 1.807) is 13.2 Å². The lowest BCUT2D eigenvalue weighted by atomic mass is 10.1. The summed E-state index contributed by atoms with van der Waals surface area (Å²) in [6.45, 7) is 3.88. The smallest absolute Gasteiger partial charge is 0.146 e. The van der Waals surface area contributed by atoms with Gasteiger partial charge in [-0.3, -0.25) is 0 Å². The second-order valence-corrected chi connectivity index (χ2v) is 4.18. The molecule has 0 amide bonds. The first-order valence-corrected chi connectivity index (χ1v) is 5.32. The first-order valence-electron chi connectivity index (χ1n) is 4.94. The van der Waals surface area contributed by atoms with E-state index in [4.69, 9.17) is 22.1 Å². The minimum absolute atomic E-state index is 0.521. The first-order chi connectivity index (χ1) is 7.54. The fourth-order valence-corrected chi connectivity index (χ4v) is 1.88. The number of nitrogens with two attached hydrogens (primary N) is 1. The van der Waals surface area contributed by atoms with Crippen molar-refractivity contribution in [3.8, 4) is 5.75 Å². The number of pyridine rings is 1. The molecule has 0 unspecified atom stereocenters. The molecular weight excluding hydrogens is 224 g/mol. The van der Waals surface area contributed by atoms with Gasteiger partial charge in [0.15, 0.2) is 0 Å². The highest BCUT2D eigenvalue weighted by molar-refractivity contribution is 6.32. The standard InChI is InChI=1S/C12H13ClN2O/c1-6-4-8-7(2)9(13)5-10(16-3)11(8)15-12(6)14/h4-5H,1-3H3,(H2,14,15). The van der Waals surface area contributed by atoms with E-state index in [1.165, 1.54) is 0 Å². The predicted octanol–water partition coefficient (Wildman–Crippen LogP) is 3.10. The molecule has 0 spiro atoms. The summed E-state index contributed by atoms with van der Waals surface area (Å²) in [7, 11) is 1.60. The average molecular weight is 237 g/mol. The number of anilines is 1. The maximum Gasteiger partial charge on any atom is 0.146 e. The monoisotopic (exact) mass is 236 g/mol. The Morgan fingerprint density at radius 2 is 2.00 bits per heavy atom. The molecule has 84 valence electrons. The summed E-state index contributed by atoms with van der Waals surface area (Å²) in [6, 6.07) is 3.75.